The van der Waals surface area contributed by atoms with Crippen molar-refractivity contribution < 1.29 is 26.4 Å². The van der Waals surface area contributed by atoms with Gasteiger partial charge in [-0.1, -0.05) is 38.5 Å². The summed E-state index contributed by atoms with van der Waals surface area (Å²) < 4.78 is 56.6. The number of sulfonamides is 2. The van der Waals surface area contributed by atoms with E-state index < -0.39 is 31.6 Å². The van der Waals surface area contributed by atoms with Gasteiger partial charge < -0.3 is 0 Å². The van der Waals surface area contributed by atoms with Crippen LogP contribution in [0, 0.1) is 0 Å². The molecule has 2 heterocycles. The third-order valence-corrected chi connectivity index (χ3v) is 11.7. The van der Waals surface area contributed by atoms with Gasteiger partial charge in [0.1, 0.15) is 0 Å². The van der Waals surface area contributed by atoms with Crippen LogP contribution in [0.25, 0.3) is 0 Å². The average Bonchev–Trinajstić information content (AvgIpc) is 2.86. The molecule has 8 nitrogen and oxygen atoms in total. The first-order valence-electron chi connectivity index (χ1n) is 13.6. The molecule has 0 radical (unpaired) electrons. The van der Waals surface area contributed by atoms with Crippen LogP contribution < -0.4 is 0 Å². The van der Waals surface area contributed by atoms with Crippen molar-refractivity contribution in [3.63, 3.8) is 0 Å². The maximum absolute atomic E-state index is 13.6. The molecule has 2 aliphatic heterocycles. The molecule has 2 saturated heterocycles. The lowest BCUT2D eigenvalue weighted by Gasteiger charge is -2.26. The van der Waals surface area contributed by atoms with Gasteiger partial charge in [0.15, 0.2) is 11.6 Å². The number of benzene rings is 2. The van der Waals surface area contributed by atoms with Gasteiger partial charge in [0.05, 0.1) is 9.79 Å². The fraction of sp³-hybridized carbons (Fsp3) is 0.500. The Bertz CT molecular complexity index is 1340. The van der Waals surface area contributed by atoms with Gasteiger partial charge in [0.25, 0.3) is 0 Å². The maximum atomic E-state index is 13.6. The lowest BCUT2D eigenvalue weighted by Crippen LogP contribution is -2.34. The van der Waals surface area contributed by atoms with Crippen LogP contribution in [0.4, 0.5) is 0 Å². The summed E-state index contributed by atoms with van der Waals surface area (Å²) >= 11 is 0. The molecule has 10 heteroatoms. The fourth-order valence-electron chi connectivity index (χ4n) is 5.65. The number of nitrogens with zero attached hydrogens (tertiary/aromatic N) is 2. The van der Waals surface area contributed by atoms with Crippen LogP contribution in [0.5, 0.6) is 0 Å². The smallest absolute Gasteiger partial charge is 0.243 e. The van der Waals surface area contributed by atoms with Gasteiger partial charge in [0.2, 0.25) is 20.0 Å². The van der Waals surface area contributed by atoms with Crippen molar-refractivity contribution in [2.24, 2.45) is 0 Å². The average molecular weight is 559 g/mol. The highest BCUT2D eigenvalue weighted by molar-refractivity contribution is 7.89. The van der Waals surface area contributed by atoms with Crippen molar-refractivity contribution in [3.05, 3.63) is 58.7 Å². The zero-order chi connectivity index (χ0) is 26.9. The molecule has 0 atom stereocenters. The van der Waals surface area contributed by atoms with Gasteiger partial charge in [-0.15, -0.1) is 0 Å². The van der Waals surface area contributed by atoms with Crippen molar-refractivity contribution in [3.8, 4) is 0 Å². The Morgan fingerprint density at radius 2 is 0.763 bits per heavy atom. The molecule has 38 heavy (non-hydrogen) atoms. The molecule has 5 rings (SSSR count). The molecule has 1 aliphatic carbocycles. The predicted octanol–water partition coefficient (Wildman–Crippen LogP) is 4.37. The SMILES string of the molecule is O=C1c2ccc(S(=O)(=O)N3CCCCCCC3)cc2C(=O)c2cc(S(=O)(=O)N3CCCCCCC3)ccc21. The van der Waals surface area contributed by atoms with E-state index in [1.807, 2.05) is 0 Å². The first kappa shape index (κ1) is 27.2. The van der Waals surface area contributed by atoms with E-state index in [2.05, 4.69) is 0 Å². The van der Waals surface area contributed by atoms with Crippen molar-refractivity contribution in [2.45, 2.75) is 74.0 Å². The Balaban J connectivity index is 1.49. The van der Waals surface area contributed by atoms with E-state index >= 15 is 0 Å². The molecule has 0 N–H and O–H groups in total. The summed E-state index contributed by atoms with van der Waals surface area (Å²) in [5.41, 5.74) is 0.259. The van der Waals surface area contributed by atoms with Crippen molar-refractivity contribution in [1.82, 2.24) is 8.61 Å². The van der Waals surface area contributed by atoms with Crippen molar-refractivity contribution in [1.29, 1.82) is 0 Å². The Morgan fingerprint density at radius 3 is 1.13 bits per heavy atom. The van der Waals surface area contributed by atoms with Crippen molar-refractivity contribution >= 4 is 31.6 Å². The predicted molar refractivity (Wildman–Crippen MR) is 143 cm³/mol. The highest BCUT2D eigenvalue weighted by Gasteiger charge is 2.34. The maximum Gasteiger partial charge on any atom is 0.243 e. The monoisotopic (exact) mass is 558 g/mol. The molecule has 0 spiro atoms. The Kier molecular flexibility index (Phi) is 7.86. The minimum atomic E-state index is -3.84. The van der Waals surface area contributed by atoms with Crippen LogP contribution in [0.2, 0.25) is 0 Å². The van der Waals surface area contributed by atoms with E-state index in [0.717, 1.165) is 64.2 Å². The number of hydrogen-bond acceptors (Lipinski definition) is 6. The summed E-state index contributed by atoms with van der Waals surface area (Å²) in [5, 5.41) is 0. The Morgan fingerprint density at radius 1 is 0.447 bits per heavy atom. The van der Waals surface area contributed by atoms with Crippen LogP contribution in [0.15, 0.2) is 46.2 Å². The van der Waals surface area contributed by atoms with Crippen LogP contribution in [-0.2, 0) is 20.0 Å². The highest BCUT2D eigenvalue weighted by atomic mass is 32.2. The first-order chi connectivity index (χ1) is 18.2. The van der Waals surface area contributed by atoms with Gasteiger partial charge in [-0.25, -0.2) is 16.8 Å². The second kappa shape index (κ2) is 11.0. The number of rotatable bonds is 4. The molecular formula is C28H34N2O6S2. The zero-order valence-electron chi connectivity index (χ0n) is 21.5. The lowest BCUT2D eigenvalue weighted by molar-refractivity contribution is 0.0978. The second-order valence-corrected chi connectivity index (χ2v) is 14.3. The Hall–Kier alpha value is -2.40. The zero-order valence-corrected chi connectivity index (χ0v) is 23.2. The Labute approximate surface area is 225 Å². The summed E-state index contributed by atoms with van der Waals surface area (Å²) in [6, 6.07) is 8.16. The van der Waals surface area contributed by atoms with Gasteiger partial charge in [-0.05, 0) is 62.1 Å². The van der Waals surface area contributed by atoms with Crippen LogP contribution in [0.1, 0.15) is 96.1 Å². The number of fused-ring (bicyclic) bond motifs is 2. The molecule has 2 aromatic carbocycles. The third kappa shape index (κ3) is 5.11. The standard InChI is InChI=1S/C28H34N2O6S2/c31-27-23-13-11-21(37(33,34)29-15-7-3-1-4-8-16-29)19-25(23)28(32)26-20-22(12-14-24(26)27)38(35,36)30-17-9-5-2-6-10-18-30/h11-14,19-20H,1-10,15-18H2. The largest absolute Gasteiger partial charge is 0.289 e. The highest BCUT2D eigenvalue weighted by Crippen LogP contribution is 2.32. The molecule has 0 amide bonds. The van der Waals surface area contributed by atoms with Crippen molar-refractivity contribution in [2.75, 3.05) is 26.2 Å². The normalized spacial score (nSPS) is 20.5. The summed E-state index contributed by atoms with van der Waals surface area (Å²) in [7, 11) is -7.68. The quantitative estimate of drug-likeness (QED) is 0.470. The fourth-order valence-corrected chi connectivity index (χ4v) is 8.73. The number of carbonyl (C=O) groups excluding carboxylic acids is 2. The molecule has 2 fully saturated rings. The van der Waals surface area contributed by atoms with E-state index in [9.17, 15) is 26.4 Å². The van der Waals surface area contributed by atoms with E-state index in [1.165, 1.54) is 45.0 Å². The summed E-state index contributed by atoms with van der Waals surface area (Å²) in [4.78, 5) is 26.8. The summed E-state index contributed by atoms with van der Waals surface area (Å²) in [5.74, 6) is -0.955. The molecule has 204 valence electrons. The molecule has 2 aromatic rings. The summed E-state index contributed by atoms with van der Waals surface area (Å²) in [6.07, 6.45) is 9.21. The third-order valence-electron chi connectivity index (χ3n) is 7.87. The van der Waals surface area contributed by atoms with E-state index in [4.69, 9.17) is 0 Å². The molecule has 0 bridgehead atoms. The van der Waals surface area contributed by atoms with Gasteiger partial charge in [-0.2, -0.15) is 8.61 Å². The first-order valence-corrected chi connectivity index (χ1v) is 16.5. The number of hydrogen-bond donors (Lipinski definition) is 0. The molecule has 3 aliphatic rings. The molecule has 0 saturated carbocycles. The topological polar surface area (TPSA) is 109 Å². The van der Waals surface area contributed by atoms with Gasteiger partial charge in [-0.3, -0.25) is 9.59 Å². The molecule has 0 aromatic heterocycles. The van der Waals surface area contributed by atoms with Crippen LogP contribution in [-0.4, -0.2) is 63.2 Å². The minimum Gasteiger partial charge on any atom is -0.289 e. The van der Waals surface area contributed by atoms with Gasteiger partial charge >= 0.3 is 0 Å². The van der Waals surface area contributed by atoms with E-state index in [-0.39, 0.29) is 32.0 Å². The minimum absolute atomic E-state index is 0.00331. The van der Waals surface area contributed by atoms with Crippen LogP contribution >= 0.6 is 0 Å². The number of carbonyl (C=O) groups is 2. The second-order valence-electron chi connectivity index (χ2n) is 10.4. The molecule has 0 unspecified atom stereocenters. The lowest BCUT2D eigenvalue weighted by atomic mass is 9.84. The summed E-state index contributed by atoms with van der Waals surface area (Å²) in [6.45, 7) is 1.69. The van der Waals surface area contributed by atoms with E-state index in [0.29, 0.717) is 26.2 Å². The molecular weight excluding hydrogens is 524 g/mol. The van der Waals surface area contributed by atoms with Crippen LogP contribution in [0.3, 0.4) is 0 Å². The van der Waals surface area contributed by atoms with E-state index in [1.54, 1.807) is 0 Å². The van der Waals surface area contributed by atoms with Gasteiger partial charge in [0, 0.05) is 48.4 Å². The number of ketones is 2.